The van der Waals surface area contributed by atoms with Gasteiger partial charge in [0.1, 0.15) is 0 Å². The molecule has 1 rings (SSSR count). The Balaban J connectivity index is 3.02. The van der Waals surface area contributed by atoms with Crippen molar-refractivity contribution in [2.75, 3.05) is 0 Å². The maximum absolute atomic E-state index is 11.4. The Hall–Kier alpha value is -1.73. The minimum atomic E-state index is -2.20. The summed E-state index contributed by atoms with van der Waals surface area (Å²) in [5.74, 6) is -2.33. The summed E-state index contributed by atoms with van der Waals surface area (Å²) in [6, 6.07) is 0. The van der Waals surface area contributed by atoms with Crippen molar-refractivity contribution >= 4 is 17.7 Å². The van der Waals surface area contributed by atoms with Gasteiger partial charge in [-0.05, 0) is 6.08 Å². The molecule has 0 aromatic heterocycles. The van der Waals surface area contributed by atoms with Gasteiger partial charge < -0.3 is 9.47 Å². The molecule has 0 saturated carbocycles. The smallest absolute Gasteiger partial charge is 0.308 e. The minimum absolute atomic E-state index is 0.162. The molecule has 0 aromatic carbocycles. The lowest BCUT2D eigenvalue weighted by Crippen LogP contribution is -2.65. The molecule has 7 nitrogen and oxygen atoms in total. The van der Waals surface area contributed by atoms with Crippen LogP contribution in [0, 0.1) is 0 Å². The van der Waals surface area contributed by atoms with Crippen LogP contribution < -0.4 is 11.5 Å². The van der Waals surface area contributed by atoms with Crippen LogP contribution in [-0.2, 0) is 23.9 Å². The van der Waals surface area contributed by atoms with E-state index in [2.05, 4.69) is 11.3 Å². The van der Waals surface area contributed by atoms with Crippen molar-refractivity contribution in [1.29, 1.82) is 0 Å². The number of carbonyl (C=O) groups excluding carboxylic acids is 3. The van der Waals surface area contributed by atoms with E-state index in [1.165, 1.54) is 0 Å². The van der Waals surface area contributed by atoms with Crippen LogP contribution in [-0.4, -0.2) is 29.7 Å². The van der Waals surface area contributed by atoms with Gasteiger partial charge in [0.25, 0.3) is 5.72 Å². The predicted octanol–water partition coefficient (Wildman–Crippen LogP) is -1.44. The van der Waals surface area contributed by atoms with Gasteiger partial charge in [-0.3, -0.25) is 25.9 Å². The second kappa shape index (κ2) is 4.42. The van der Waals surface area contributed by atoms with Crippen LogP contribution in [0.3, 0.4) is 0 Å². The summed E-state index contributed by atoms with van der Waals surface area (Å²) in [6.45, 7) is 3.20. The molecule has 0 spiro atoms. The number of nitrogens with two attached hydrogens (primary N) is 2. The number of hydrogen-bond donors (Lipinski definition) is 2. The molecule has 0 bridgehead atoms. The zero-order valence-corrected chi connectivity index (χ0v) is 8.47. The van der Waals surface area contributed by atoms with Crippen LogP contribution in [0.5, 0.6) is 0 Å². The maximum atomic E-state index is 11.4. The highest BCUT2D eigenvalue weighted by atomic mass is 16.6. The van der Waals surface area contributed by atoms with Gasteiger partial charge in [-0.2, -0.15) is 0 Å². The first-order valence-electron chi connectivity index (χ1n) is 4.53. The van der Waals surface area contributed by atoms with Crippen LogP contribution in [0.4, 0.5) is 0 Å². The largest absolute Gasteiger partial charge is 0.440 e. The monoisotopic (exact) mass is 228 g/mol. The third-order valence-electron chi connectivity index (χ3n) is 2.07. The molecule has 1 aliphatic rings. The average Bonchev–Trinajstić information content (AvgIpc) is 2.23. The highest BCUT2D eigenvalue weighted by molar-refractivity contribution is 5.98. The molecular formula is C9H12N2O5. The number of ketones is 1. The van der Waals surface area contributed by atoms with E-state index in [0.29, 0.717) is 0 Å². The van der Waals surface area contributed by atoms with E-state index in [4.69, 9.17) is 16.2 Å². The molecule has 4 N–H and O–H groups in total. The van der Waals surface area contributed by atoms with Gasteiger partial charge in [-0.15, -0.1) is 0 Å². The van der Waals surface area contributed by atoms with Crippen molar-refractivity contribution < 1.29 is 23.9 Å². The zero-order chi connectivity index (χ0) is 12.3. The SMILES string of the molecule is C=CC(=O)C1(N)OC(=O)CCC(=O)OC1N. The zero-order valence-electron chi connectivity index (χ0n) is 8.47. The molecule has 7 heteroatoms. The van der Waals surface area contributed by atoms with Gasteiger partial charge in [0.05, 0.1) is 12.8 Å². The summed E-state index contributed by atoms with van der Waals surface area (Å²) in [7, 11) is 0. The Morgan fingerprint density at radius 2 is 2.00 bits per heavy atom. The number of esters is 2. The maximum Gasteiger partial charge on any atom is 0.308 e. The van der Waals surface area contributed by atoms with Crippen molar-refractivity contribution in [2.45, 2.75) is 24.8 Å². The molecule has 0 aliphatic carbocycles. The van der Waals surface area contributed by atoms with Crippen molar-refractivity contribution in [3.8, 4) is 0 Å². The van der Waals surface area contributed by atoms with Crippen LogP contribution in [0.15, 0.2) is 12.7 Å². The standard InChI is InChI=1S/C9H12N2O5/c1-2-5(12)9(11)8(10)15-6(13)3-4-7(14)16-9/h2,8H,1,3-4,10-11H2. The van der Waals surface area contributed by atoms with Gasteiger partial charge in [-0.25, -0.2) is 0 Å². The molecule has 2 unspecified atom stereocenters. The number of hydrogen-bond acceptors (Lipinski definition) is 7. The van der Waals surface area contributed by atoms with Crippen LogP contribution in [0.25, 0.3) is 0 Å². The molecule has 0 radical (unpaired) electrons. The average molecular weight is 228 g/mol. The third kappa shape index (κ3) is 2.26. The van der Waals surface area contributed by atoms with E-state index in [1.54, 1.807) is 0 Å². The molecule has 1 aliphatic heterocycles. The minimum Gasteiger partial charge on any atom is -0.440 e. The summed E-state index contributed by atoms with van der Waals surface area (Å²) in [6.07, 6.45) is -1.07. The van der Waals surface area contributed by atoms with E-state index in [1.807, 2.05) is 0 Å². The van der Waals surface area contributed by atoms with Crippen LogP contribution in [0.1, 0.15) is 12.8 Å². The van der Waals surface area contributed by atoms with E-state index in [0.717, 1.165) is 6.08 Å². The number of cyclic esters (lactones) is 2. The van der Waals surface area contributed by atoms with Crippen molar-refractivity contribution in [1.82, 2.24) is 0 Å². The Morgan fingerprint density at radius 3 is 2.56 bits per heavy atom. The normalized spacial score (nSPS) is 30.8. The molecule has 2 atom stereocenters. The Kier molecular flexibility index (Phi) is 3.41. The highest BCUT2D eigenvalue weighted by Crippen LogP contribution is 2.17. The Labute approximate surface area is 91.4 Å². The van der Waals surface area contributed by atoms with Crippen molar-refractivity contribution in [3.63, 3.8) is 0 Å². The lowest BCUT2D eigenvalue weighted by atomic mass is 10.1. The van der Waals surface area contributed by atoms with Crippen LogP contribution in [0.2, 0.25) is 0 Å². The van der Waals surface area contributed by atoms with Crippen LogP contribution >= 0.6 is 0 Å². The molecule has 1 heterocycles. The second-order valence-electron chi connectivity index (χ2n) is 3.25. The van der Waals surface area contributed by atoms with E-state index in [9.17, 15) is 14.4 Å². The fourth-order valence-electron chi connectivity index (χ4n) is 1.14. The van der Waals surface area contributed by atoms with Gasteiger partial charge in [0, 0.05) is 0 Å². The van der Waals surface area contributed by atoms with Crippen molar-refractivity contribution in [3.05, 3.63) is 12.7 Å². The van der Waals surface area contributed by atoms with Gasteiger partial charge in [0.15, 0.2) is 0 Å². The summed E-state index contributed by atoms with van der Waals surface area (Å²) < 4.78 is 9.35. The number of rotatable bonds is 2. The molecule has 88 valence electrons. The number of carbonyl (C=O) groups is 3. The topological polar surface area (TPSA) is 122 Å². The molecule has 16 heavy (non-hydrogen) atoms. The molecular weight excluding hydrogens is 216 g/mol. The van der Waals surface area contributed by atoms with Gasteiger partial charge in [0.2, 0.25) is 12.0 Å². The van der Waals surface area contributed by atoms with E-state index >= 15 is 0 Å². The molecule has 1 fully saturated rings. The van der Waals surface area contributed by atoms with Gasteiger partial charge >= 0.3 is 11.9 Å². The van der Waals surface area contributed by atoms with Gasteiger partial charge in [-0.1, -0.05) is 6.58 Å². The fourth-order valence-corrected chi connectivity index (χ4v) is 1.14. The first-order valence-corrected chi connectivity index (χ1v) is 4.53. The first-order chi connectivity index (χ1) is 7.40. The summed E-state index contributed by atoms with van der Waals surface area (Å²) in [5.41, 5.74) is 8.71. The lowest BCUT2D eigenvalue weighted by Gasteiger charge is -2.32. The summed E-state index contributed by atoms with van der Waals surface area (Å²) in [4.78, 5) is 33.7. The molecule has 1 saturated heterocycles. The quantitative estimate of drug-likeness (QED) is 0.438. The van der Waals surface area contributed by atoms with Crippen molar-refractivity contribution in [2.24, 2.45) is 11.5 Å². The Morgan fingerprint density at radius 1 is 1.44 bits per heavy atom. The van der Waals surface area contributed by atoms with E-state index in [-0.39, 0.29) is 12.8 Å². The molecule has 0 amide bonds. The third-order valence-corrected chi connectivity index (χ3v) is 2.07. The lowest BCUT2D eigenvalue weighted by molar-refractivity contribution is -0.193. The summed E-state index contributed by atoms with van der Waals surface area (Å²) in [5, 5.41) is 0. The predicted molar refractivity (Wildman–Crippen MR) is 51.5 cm³/mol. The molecule has 0 aromatic rings. The highest BCUT2D eigenvalue weighted by Gasteiger charge is 2.46. The Bertz CT molecular complexity index is 354. The summed E-state index contributed by atoms with van der Waals surface area (Å²) >= 11 is 0. The number of ether oxygens (including phenoxy) is 2. The first kappa shape index (κ1) is 12.3. The fraction of sp³-hybridized carbons (Fsp3) is 0.444. The van der Waals surface area contributed by atoms with E-state index < -0.39 is 29.7 Å². The second-order valence-corrected chi connectivity index (χ2v) is 3.25.